The molecule has 1 saturated heterocycles. The van der Waals surface area contributed by atoms with Crippen LogP contribution < -0.4 is 5.32 Å². The summed E-state index contributed by atoms with van der Waals surface area (Å²) in [5.41, 5.74) is 0.996. The van der Waals surface area contributed by atoms with Gasteiger partial charge in [-0.3, -0.25) is 9.48 Å². The van der Waals surface area contributed by atoms with E-state index in [-0.39, 0.29) is 36.7 Å². The van der Waals surface area contributed by atoms with Gasteiger partial charge in [-0.2, -0.15) is 0 Å². The van der Waals surface area contributed by atoms with Crippen molar-refractivity contribution in [3.05, 3.63) is 11.9 Å². The molecule has 0 radical (unpaired) electrons. The average molecular weight is 336 g/mol. The van der Waals surface area contributed by atoms with Gasteiger partial charge in [0.2, 0.25) is 5.91 Å². The van der Waals surface area contributed by atoms with Gasteiger partial charge in [0, 0.05) is 18.7 Å². The average Bonchev–Trinajstić information content (AvgIpc) is 3.32. The van der Waals surface area contributed by atoms with E-state index < -0.39 is 0 Å². The molecule has 1 aliphatic heterocycles. The molecular formula is C17H28N4O3. The summed E-state index contributed by atoms with van der Waals surface area (Å²) in [6.45, 7) is 4.88. The third kappa shape index (κ3) is 4.33. The maximum atomic E-state index is 11.9. The zero-order valence-corrected chi connectivity index (χ0v) is 14.5. The van der Waals surface area contributed by atoms with Crippen LogP contribution in [0.15, 0.2) is 6.20 Å². The summed E-state index contributed by atoms with van der Waals surface area (Å²) >= 11 is 0. The van der Waals surface area contributed by atoms with Gasteiger partial charge in [-0.25, -0.2) is 0 Å². The smallest absolute Gasteiger partial charge is 0.223 e. The molecule has 1 amide bonds. The van der Waals surface area contributed by atoms with Crippen LogP contribution in [0.2, 0.25) is 0 Å². The third-order valence-electron chi connectivity index (χ3n) is 4.90. The van der Waals surface area contributed by atoms with Gasteiger partial charge in [-0.15, -0.1) is 5.10 Å². The van der Waals surface area contributed by atoms with Crippen LogP contribution in [0.5, 0.6) is 0 Å². The molecule has 1 aliphatic carbocycles. The monoisotopic (exact) mass is 336 g/mol. The van der Waals surface area contributed by atoms with Gasteiger partial charge < -0.3 is 15.2 Å². The van der Waals surface area contributed by atoms with Crippen LogP contribution in [-0.2, 0) is 16.1 Å². The van der Waals surface area contributed by atoms with Crippen LogP contribution in [-0.4, -0.2) is 50.9 Å². The van der Waals surface area contributed by atoms with E-state index in [1.807, 2.05) is 10.9 Å². The molecule has 0 unspecified atom stereocenters. The van der Waals surface area contributed by atoms with Crippen molar-refractivity contribution in [1.29, 1.82) is 0 Å². The Morgan fingerprint density at radius 1 is 1.42 bits per heavy atom. The number of nitrogens with one attached hydrogen (secondary N) is 1. The van der Waals surface area contributed by atoms with Gasteiger partial charge >= 0.3 is 0 Å². The highest BCUT2D eigenvalue weighted by Crippen LogP contribution is 2.30. The minimum atomic E-state index is -0.312. The van der Waals surface area contributed by atoms with Crippen LogP contribution in [0.25, 0.3) is 0 Å². The molecule has 2 N–H and O–H groups in total. The molecule has 3 rings (SSSR count). The normalized spacial score (nSPS) is 27.4. The van der Waals surface area contributed by atoms with Crippen LogP contribution in [0, 0.1) is 5.92 Å². The van der Waals surface area contributed by atoms with Crippen molar-refractivity contribution in [1.82, 2.24) is 20.3 Å². The number of amides is 1. The van der Waals surface area contributed by atoms with E-state index in [0.717, 1.165) is 44.3 Å². The largest absolute Gasteiger partial charge is 0.394 e. The Labute approximate surface area is 142 Å². The van der Waals surface area contributed by atoms with Crippen molar-refractivity contribution < 1.29 is 14.6 Å². The van der Waals surface area contributed by atoms with E-state index >= 15 is 0 Å². The Bertz CT molecular complexity index is 556. The van der Waals surface area contributed by atoms with Crippen molar-refractivity contribution in [3.8, 4) is 0 Å². The molecule has 7 heteroatoms. The third-order valence-corrected chi connectivity index (χ3v) is 4.90. The Balaban J connectivity index is 1.46. The SMILES string of the molecule is CC(C)c1cn(CC[C@@H]2CC[C@@H](NC(=O)C3CC3)[C@@H](CO)O2)nn1. The molecule has 134 valence electrons. The molecule has 2 heterocycles. The van der Waals surface area contributed by atoms with E-state index in [2.05, 4.69) is 29.5 Å². The maximum absolute atomic E-state index is 11.9. The second-order valence-electron chi connectivity index (χ2n) is 7.30. The minimum absolute atomic E-state index is 0.0626. The first-order chi connectivity index (χ1) is 11.6. The van der Waals surface area contributed by atoms with Crippen LogP contribution >= 0.6 is 0 Å². The summed E-state index contributed by atoms with van der Waals surface area (Å²) in [6.07, 6.45) is 6.30. The number of nitrogens with zero attached hydrogens (tertiary/aromatic N) is 3. The van der Waals surface area contributed by atoms with Crippen LogP contribution in [0.4, 0.5) is 0 Å². The first-order valence-electron chi connectivity index (χ1n) is 9.03. The highest BCUT2D eigenvalue weighted by molar-refractivity contribution is 5.81. The molecule has 3 atom stereocenters. The number of aliphatic hydroxyl groups is 1. The fourth-order valence-corrected chi connectivity index (χ4v) is 3.12. The molecule has 0 aromatic carbocycles. The van der Waals surface area contributed by atoms with E-state index in [1.165, 1.54) is 0 Å². The lowest BCUT2D eigenvalue weighted by molar-refractivity contribution is -0.129. The molecule has 1 aromatic rings. The van der Waals surface area contributed by atoms with Gasteiger partial charge in [0.1, 0.15) is 6.10 Å². The van der Waals surface area contributed by atoms with Gasteiger partial charge in [0.05, 0.1) is 24.4 Å². The predicted octanol–water partition coefficient (Wildman–Crippen LogP) is 1.23. The number of carbonyl (C=O) groups is 1. The Kier molecular flexibility index (Phi) is 5.50. The zero-order chi connectivity index (χ0) is 17.1. The highest BCUT2D eigenvalue weighted by atomic mass is 16.5. The van der Waals surface area contributed by atoms with Crippen LogP contribution in [0.1, 0.15) is 57.6 Å². The molecule has 24 heavy (non-hydrogen) atoms. The van der Waals surface area contributed by atoms with E-state index in [0.29, 0.717) is 5.92 Å². The molecule has 2 fully saturated rings. The zero-order valence-electron chi connectivity index (χ0n) is 14.5. The lowest BCUT2D eigenvalue weighted by Gasteiger charge is -2.36. The number of aliphatic hydroxyl groups excluding tert-OH is 1. The summed E-state index contributed by atoms with van der Waals surface area (Å²) in [4.78, 5) is 11.9. The number of hydrogen-bond donors (Lipinski definition) is 2. The molecule has 1 saturated carbocycles. The molecule has 7 nitrogen and oxygen atoms in total. The summed E-state index contributed by atoms with van der Waals surface area (Å²) in [6, 6.07) is -0.0711. The summed E-state index contributed by atoms with van der Waals surface area (Å²) in [5, 5.41) is 20.9. The van der Waals surface area contributed by atoms with Crippen molar-refractivity contribution in [2.24, 2.45) is 5.92 Å². The number of ether oxygens (including phenoxy) is 1. The van der Waals surface area contributed by atoms with Crippen LogP contribution in [0.3, 0.4) is 0 Å². The van der Waals surface area contributed by atoms with Crippen molar-refractivity contribution in [2.45, 2.75) is 76.7 Å². The lowest BCUT2D eigenvalue weighted by Crippen LogP contribution is -2.51. The molecule has 1 aromatic heterocycles. The second kappa shape index (κ2) is 7.61. The Morgan fingerprint density at radius 2 is 2.21 bits per heavy atom. The number of rotatable bonds is 7. The second-order valence-corrected chi connectivity index (χ2v) is 7.30. The quantitative estimate of drug-likeness (QED) is 0.782. The number of aryl methyl sites for hydroxylation is 1. The number of carbonyl (C=O) groups excluding carboxylic acids is 1. The minimum Gasteiger partial charge on any atom is -0.394 e. The Morgan fingerprint density at radius 3 is 2.83 bits per heavy atom. The number of hydrogen-bond acceptors (Lipinski definition) is 5. The van der Waals surface area contributed by atoms with Crippen molar-refractivity contribution >= 4 is 5.91 Å². The first kappa shape index (κ1) is 17.4. The Hall–Kier alpha value is -1.47. The topological polar surface area (TPSA) is 89.3 Å². The van der Waals surface area contributed by atoms with Crippen molar-refractivity contribution in [3.63, 3.8) is 0 Å². The first-order valence-corrected chi connectivity index (χ1v) is 9.03. The summed E-state index contributed by atoms with van der Waals surface area (Å²) in [5.74, 6) is 0.674. The van der Waals surface area contributed by atoms with E-state index in [4.69, 9.17) is 4.74 Å². The van der Waals surface area contributed by atoms with E-state index in [1.54, 1.807) is 0 Å². The predicted molar refractivity (Wildman–Crippen MR) is 88.4 cm³/mol. The van der Waals surface area contributed by atoms with E-state index in [9.17, 15) is 9.90 Å². The number of aromatic nitrogens is 3. The van der Waals surface area contributed by atoms with Gasteiger partial charge in [0.15, 0.2) is 0 Å². The molecule has 2 aliphatic rings. The highest BCUT2D eigenvalue weighted by Gasteiger charge is 2.36. The molecular weight excluding hydrogens is 308 g/mol. The van der Waals surface area contributed by atoms with Gasteiger partial charge in [0.25, 0.3) is 0 Å². The molecule has 0 spiro atoms. The summed E-state index contributed by atoms with van der Waals surface area (Å²) in [7, 11) is 0. The standard InChI is InChI=1S/C17H28N4O3/c1-11(2)15-9-21(20-19-15)8-7-13-5-6-14(16(10-22)24-13)18-17(23)12-3-4-12/h9,11-14,16,22H,3-8,10H2,1-2H3,(H,18,23)/t13-,14+,16+/m0/s1. The lowest BCUT2D eigenvalue weighted by atomic mass is 9.97. The van der Waals surface area contributed by atoms with Gasteiger partial charge in [-0.1, -0.05) is 19.1 Å². The molecule has 0 bridgehead atoms. The fourth-order valence-electron chi connectivity index (χ4n) is 3.12. The fraction of sp³-hybridized carbons (Fsp3) is 0.824. The van der Waals surface area contributed by atoms with Crippen molar-refractivity contribution in [2.75, 3.05) is 6.61 Å². The van der Waals surface area contributed by atoms with Gasteiger partial charge in [-0.05, 0) is 38.0 Å². The summed E-state index contributed by atoms with van der Waals surface area (Å²) < 4.78 is 7.85. The maximum Gasteiger partial charge on any atom is 0.223 e.